The van der Waals surface area contributed by atoms with Gasteiger partial charge in [-0.15, -0.1) is 0 Å². The monoisotopic (exact) mass is 563 g/mol. The minimum atomic E-state index is -3.84. The van der Waals surface area contributed by atoms with Crippen LogP contribution < -0.4 is 9.62 Å². The summed E-state index contributed by atoms with van der Waals surface area (Å²) in [4.78, 5) is 28.0. The molecule has 3 aromatic carbocycles. The Hall–Kier alpha value is -2.81. The Morgan fingerprint density at radius 2 is 1.70 bits per heavy atom. The number of fused-ring (bicyclic) bond motifs is 1. The van der Waals surface area contributed by atoms with Gasteiger partial charge in [0.05, 0.1) is 22.0 Å². The van der Waals surface area contributed by atoms with Crippen LogP contribution in [0.25, 0.3) is 10.8 Å². The molecule has 0 saturated carbocycles. The van der Waals surface area contributed by atoms with Crippen LogP contribution in [0.15, 0.2) is 60.7 Å². The summed E-state index contributed by atoms with van der Waals surface area (Å²) >= 11 is 12.2. The van der Waals surface area contributed by atoms with Crippen LogP contribution in [0.4, 0.5) is 5.69 Å². The highest BCUT2D eigenvalue weighted by Gasteiger charge is 2.30. The Morgan fingerprint density at radius 3 is 2.38 bits per heavy atom. The molecule has 0 spiro atoms. The number of rotatable bonds is 11. The van der Waals surface area contributed by atoms with E-state index in [0.717, 1.165) is 28.8 Å². The van der Waals surface area contributed by atoms with E-state index in [0.29, 0.717) is 33.2 Å². The second-order valence-corrected chi connectivity index (χ2v) is 11.6. The van der Waals surface area contributed by atoms with Gasteiger partial charge in [0.15, 0.2) is 0 Å². The van der Waals surface area contributed by atoms with Crippen molar-refractivity contribution < 1.29 is 18.0 Å². The van der Waals surface area contributed by atoms with Crippen LogP contribution in [0.3, 0.4) is 0 Å². The van der Waals surface area contributed by atoms with Crippen molar-refractivity contribution in [3.05, 3.63) is 76.3 Å². The van der Waals surface area contributed by atoms with Gasteiger partial charge in [-0.2, -0.15) is 0 Å². The van der Waals surface area contributed by atoms with Gasteiger partial charge in [0.25, 0.3) is 0 Å². The van der Waals surface area contributed by atoms with Gasteiger partial charge in [0.1, 0.15) is 12.6 Å². The smallest absolute Gasteiger partial charge is 0.244 e. The first-order valence-corrected chi connectivity index (χ1v) is 14.6. The number of hydrogen-bond donors (Lipinski definition) is 1. The zero-order chi connectivity index (χ0) is 27.2. The summed E-state index contributed by atoms with van der Waals surface area (Å²) < 4.78 is 26.9. The van der Waals surface area contributed by atoms with Gasteiger partial charge in [0, 0.05) is 18.5 Å². The van der Waals surface area contributed by atoms with Crippen LogP contribution in [0, 0.1) is 0 Å². The van der Waals surface area contributed by atoms with E-state index in [1.165, 1.54) is 4.90 Å². The minimum Gasteiger partial charge on any atom is -0.354 e. The first kappa shape index (κ1) is 28.8. The Balaban J connectivity index is 1.97. The molecule has 1 N–H and O–H groups in total. The molecule has 2 amide bonds. The van der Waals surface area contributed by atoms with E-state index in [1.54, 1.807) is 37.3 Å². The highest BCUT2D eigenvalue weighted by Crippen LogP contribution is 2.29. The first-order chi connectivity index (χ1) is 17.5. The van der Waals surface area contributed by atoms with Gasteiger partial charge >= 0.3 is 0 Å². The van der Waals surface area contributed by atoms with Crippen molar-refractivity contribution in [2.75, 3.05) is 23.7 Å². The predicted molar refractivity (Wildman–Crippen MR) is 151 cm³/mol. The Labute approximate surface area is 228 Å². The van der Waals surface area contributed by atoms with Crippen molar-refractivity contribution in [1.29, 1.82) is 0 Å². The van der Waals surface area contributed by atoms with E-state index >= 15 is 0 Å². The van der Waals surface area contributed by atoms with E-state index < -0.39 is 28.5 Å². The normalized spacial score (nSPS) is 12.2. The molecule has 0 aromatic heterocycles. The molecule has 0 fully saturated rings. The van der Waals surface area contributed by atoms with Crippen LogP contribution in [0.1, 0.15) is 32.3 Å². The number of halogens is 2. The number of nitrogens with zero attached hydrogens (tertiary/aromatic N) is 2. The molecular weight excluding hydrogens is 533 g/mol. The lowest BCUT2D eigenvalue weighted by molar-refractivity contribution is -0.139. The van der Waals surface area contributed by atoms with Gasteiger partial charge in [-0.05, 0) is 42.5 Å². The van der Waals surface area contributed by atoms with Crippen LogP contribution in [-0.2, 0) is 26.2 Å². The average molecular weight is 565 g/mol. The molecule has 1 atom stereocenters. The summed E-state index contributed by atoms with van der Waals surface area (Å²) in [6.45, 7) is 3.70. The number of anilines is 1. The molecular formula is C27H31Cl2N3O4S. The van der Waals surface area contributed by atoms with E-state index in [1.807, 2.05) is 37.3 Å². The van der Waals surface area contributed by atoms with Crippen molar-refractivity contribution in [1.82, 2.24) is 10.2 Å². The maximum absolute atomic E-state index is 13.7. The van der Waals surface area contributed by atoms with Crippen LogP contribution in [0.5, 0.6) is 0 Å². The van der Waals surface area contributed by atoms with E-state index in [4.69, 9.17) is 23.2 Å². The molecule has 10 heteroatoms. The Kier molecular flexibility index (Phi) is 9.81. The summed E-state index contributed by atoms with van der Waals surface area (Å²) in [6, 6.07) is 16.8. The van der Waals surface area contributed by atoms with Crippen molar-refractivity contribution in [2.24, 2.45) is 0 Å². The molecule has 1 unspecified atom stereocenters. The van der Waals surface area contributed by atoms with Crippen molar-refractivity contribution >= 4 is 61.5 Å². The second kappa shape index (κ2) is 12.6. The van der Waals surface area contributed by atoms with Gasteiger partial charge < -0.3 is 10.2 Å². The quantitative estimate of drug-likeness (QED) is 0.323. The van der Waals surface area contributed by atoms with Crippen molar-refractivity contribution in [3.63, 3.8) is 0 Å². The Morgan fingerprint density at radius 1 is 1.00 bits per heavy atom. The van der Waals surface area contributed by atoms with Gasteiger partial charge in [-0.25, -0.2) is 8.42 Å². The molecule has 0 radical (unpaired) electrons. The highest BCUT2D eigenvalue weighted by molar-refractivity contribution is 7.92. The fourth-order valence-corrected chi connectivity index (χ4v) is 5.16. The zero-order valence-electron chi connectivity index (χ0n) is 21.1. The molecule has 3 rings (SSSR count). The molecule has 0 aliphatic carbocycles. The molecule has 7 nitrogen and oxygen atoms in total. The third-order valence-corrected chi connectivity index (χ3v) is 7.91. The van der Waals surface area contributed by atoms with Crippen LogP contribution in [-0.4, -0.2) is 50.5 Å². The number of sulfonamides is 1. The molecule has 37 heavy (non-hydrogen) atoms. The minimum absolute atomic E-state index is 0.0469. The van der Waals surface area contributed by atoms with Gasteiger partial charge in [-0.1, -0.05) is 79.0 Å². The largest absolute Gasteiger partial charge is 0.354 e. The summed E-state index contributed by atoms with van der Waals surface area (Å²) in [5.74, 6) is -0.847. The number of hydrogen-bond acceptors (Lipinski definition) is 4. The average Bonchev–Trinajstić information content (AvgIpc) is 2.86. The highest BCUT2D eigenvalue weighted by atomic mass is 35.5. The maximum atomic E-state index is 13.7. The topological polar surface area (TPSA) is 86.8 Å². The van der Waals surface area contributed by atoms with Gasteiger partial charge in [-0.3, -0.25) is 13.9 Å². The van der Waals surface area contributed by atoms with Crippen molar-refractivity contribution in [2.45, 2.75) is 39.3 Å². The number of unbranched alkanes of at least 4 members (excludes halogenated alkanes) is 1. The molecule has 0 saturated heterocycles. The molecule has 0 heterocycles. The fourth-order valence-electron chi connectivity index (χ4n) is 3.97. The summed E-state index contributed by atoms with van der Waals surface area (Å²) in [5, 5.41) is 5.08. The summed E-state index contributed by atoms with van der Waals surface area (Å²) in [5.41, 5.74) is 1.05. The van der Waals surface area contributed by atoms with E-state index in [2.05, 4.69) is 5.32 Å². The number of nitrogens with one attached hydrogen (secondary N) is 1. The molecule has 0 bridgehead atoms. The zero-order valence-corrected chi connectivity index (χ0v) is 23.4. The summed E-state index contributed by atoms with van der Waals surface area (Å²) in [6.07, 6.45) is 2.78. The standard InChI is InChI=1S/C27H31Cl2N3O4S/c1-4-5-15-30-27(34)19(2)31(17-20-13-14-23(28)24(29)16-20)26(33)18-32(37(3,35)36)25-12-8-10-21-9-6-7-11-22(21)25/h6-14,16,19H,4-5,15,17-18H2,1-3H3,(H,30,34). The Bertz CT molecular complexity index is 1380. The lowest BCUT2D eigenvalue weighted by Gasteiger charge is -2.32. The lowest BCUT2D eigenvalue weighted by atomic mass is 10.1. The molecule has 0 aliphatic rings. The third kappa shape index (κ3) is 7.37. The number of carbonyl (C=O) groups is 2. The fraction of sp³-hybridized carbons (Fsp3) is 0.333. The molecule has 3 aromatic rings. The van der Waals surface area contributed by atoms with E-state index in [9.17, 15) is 18.0 Å². The predicted octanol–water partition coefficient (Wildman–Crippen LogP) is 5.25. The maximum Gasteiger partial charge on any atom is 0.244 e. The number of benzene rings is 3. The van der Waals surface area contributed by atoms with Crippen LogP contribution in [0.2, 0.25) is 10.0 Å². The first-order valence-electron chi connectivity index (χ1n) is 12.0. The van der Waals surface area contributed by atoms with Crippen LogP contribution >= 0.6 is 23.2 Å². The van der Waals surface area contributed by atoms with Crippen molar-refractivity contribution in [3.8, 4) is 0 Å². The summed E-state index contributed by atoms with van der Waals surface area (Å²) in [7, 11) is -3.84. The number of carbonyl (C=O) groups excluding carboxylic acids is 2. The van der Waals surface area contributed by atoms with Gasteiger partial charge in [0.2, 0.25) is 21.8 Å². The number of amides is 2. The second-order valence-electron chi connectivity index (χ2n) is 8.86. The van der Waals surface area contributed by atoms with E-state index in [-0.39, 0.29) is 12.5 Å². The molecule has 198 valence electrons. The third-order valence-electron chi connectivity index (χ3n) is 6.05. The molecule has 0 aliphatic heterocycles. The SMILES string of the molecule is CCCCNC(=O)C(C)N(Cc1ccc(Cl)c(Cl)c1)C(=O)CN(c1cccc2ccccc12)S(C)(=O)=O. The lowest BCUT2D eigenvalue weighted by Crippen LogP contribution is -2.51.